The zero-order valence-corrected chi connectivity index (χ0v) is 12.7. The van der Waals surface area contributed by atoms with Gasteiger partial charge in [0, 0.05) is 11.8 Å². The van der Waals surface area contributed by atoms with Gasteiger partial charge in [-0.1, -0.05) is 23.2 Å². The smallest absolute Gasteiger partial charge is 0.263 e. The molecule has 0 aliphatic heterocycles. The van der Waals surface area contributed by atoms with Gasteiger partial charge in [0.1, 0.15) is 5.82 Å². The number of rotatable bonds is 4. The van der Waals surface area contributed by atoms with E-state index in [-0.39, 0.29) is 21.4 Å². The van der Waals surface area contributed by atoms with Gasteiger partial charge in [-0.15, -0.1) is 0 Å². The van der Waals surface area contributed by atoms with Gasteiger partial charge < -0.3 is 5.11 Å². The van der Waals surface area contributed by atoms with E-state index in [4.69, 9.17) is 28.3 Å². The van der Waals surface area contributed by atoms with Gasteiger partial charge in [-0.25, -0.2) is 17.8 Å². The number of halogens is 3. The third kappa shape index (κ3) is 3.44. The normalized spacial score (nSPS) is 11.4. The molecule has 0 aliphatic rings. The second-order valence-corrected chi connectivity index (χ2v) is 6.44. The Morgan fingerprint density at radius 1 is 1.33 bits per heavy atom. The van der Waals surface area contributed by atoms with Crippen LogP contribution in [0.15, 0.2) is 35.4 Å². The number of aliphatic hydroxyl groups excluding tert-OH is 1. The predicted octanol–water partition coefficient (Wildman–Crippen LogP) is 2.82. The van der Waals surface area contributed by atoms with Gasteiger partial charge in [0.25, 0.3) is 10.0 Å². The molecule has 2 rings (SSSR count). The van der Waals surface area contributed by atoms with Crippen molar-refractivity contribution >= 4 is 39.0 Å². The highest BCUT2D eigenvalue weighted by atomic mass is 35.5. The fourth-order valence-corrected chi connectivity index (χ4v) is 3.02. The lowest BCUT2D eigenvalue weighted by molar-refractivity contribution is 0.281. The number of hydrogen-bond donors (Lipinski definition) is 2. The molecule has 0 atom stereocenters. The molecule has 112 valence electrons. The SMILES string of the molecule is O=S(=O)(Nc1ncccc1Cl)c1cc(F)c(Cl)c(CO)c1. The summed E-state index contributed by atoms with van der Waals surface area (Å²) < 4.78 is 40.1. The number of hydrogen-bond acceptors (Lipinski definition) is 4. The van der Waals surface area contributed by atoms with Crippen molar-refractivity contribution in [2.24, 2.45) is 0 Å². The zero-order chi connectivity index (χ0) is 15.6. The molecule has 9 heteroatoms. The summed E-state index contributed by atoms with van der Waals surface area (Å²) in [7, 11) is -4.11. The first-order valence-electron chi connectivity index (χ1n) is 5.57. The Morgan fingerprint density at radius 3 is 2.67 bits per heavy atom. The minimum Gasteiger partial charge on any atom is -0.392 e. The van der Waals surface area contributed by atoms with E-state index in [1.165, 1.54) is 18.3 Å². The number of nitrogens with one attached hydrogen (secondary N) is 1. The van der Waals surface area contributed by atoms with Crippen LogP contribution in [0.2, 0.25) is 10.0 Å². The summed E-state index contributed by atoms with van der Waals surface area (Å²) in [6.07, 6.45) is 1.35. The van der Waals surface area contributed by atoms with E-state index in [0.29, 0.717) is 0 Å². The van der Waals surface area contributed by atoms with Gasteiger partial charge in [-0.05, 0) is 24.3 Å². The van der Waals surface area contributed by atoms with Gasteiger partial charge in [0.2, 0.25) is 0 Å². The van der Waals surface area contributed by atoms with Crippen LogP contribution in [0.25, 0.3) is 0 Å². The van der Waals surface area contributed by atoms with Crippen LogP contribution in [0, 0.1) is 5.82 Å². The molecule has 1 heterocycles. The van der Waals surface area contributed by atoms with E-state index in [1.54, 1.807) is 0 Å². The van der Waals surface area contributed by atoms with Crippen molar-refractivity contribution in [2.45, 2.75) is 11.5 Å². The predicted molar refractivity (Wildman–Crippen MR) is 77.4 cm³/mol. The van der Waals surface area contributed by atoms with Crippen molar-refractivity contribution in [1.29, 1.82) is 0 Å². The van der Waals surface area contributed by atoms with Crippen molar-refractivity contribution in [3.8, 4) is 0 Å². The summed E-state index contributed by atoms with van der Waals surface area (Å²) in [5, 5.41) is 8.84. The molecule has 0 bridgehead atoms. The first-order chi connectivity index (χ1) is 9.85. The van der Waals surface area contributed by atoms with Crippen LogP contribution >= 0.6 is 23.2 Å². The quantitative estimate of drug-likeness (QED) is 0.888. The second-order valence-electron chi connectivity index (χ2n) is 3.98. The summed E-state index contributed by atoms with van der Waals surface area (Å²) in [6.45, 7) is -0.594. The molecule has 0 spiro atoms. The average Bonchev–Trinajstić information content (AvgIpc) is 2.44. The maximum atomic E-state index is 13.6. The van der Waals surface area contributed by atoms with Crippen LogP contribution in [-0.4, -0.2) is 18.5 Å². The number of nitrogens with zero attached hydrogens (tertiary/aromatic N) is 1. The Bertz CT molecular complexity index is 784. The molecule has 21 heavy (non-hydrogen) atoms. The molecule has 0 aliphatic carbocycles. The molecule has 0 radical (unpaired) electrons. The lowest BCUT2D eigenvalue weighted by Gasteiger charge is -2.10. The highest BCUT2D eigenvalue weighted by Crippen LogP contribution is 2.27. The minimum absolute atomic E-state index is 0.0378. The van der Waals surface area contributed by atoms with Crippen LogP contribution in [-0.2, 0) is 16.6 Å². The lowest BCUT2D eigenvalue weighted by atomic mass is 10.2. The largest absolute Gasteiger partial charge is 0.392 e. The fraction of sp³-hybridized carbons (Fsp3) is 0.0833. The monoisotopic (exact) mass is 350 g/mol. The molecule has 2 aromatic rings. The van der Waals surface area contributed by atoms with Gasteiger partial charge in [-0.2, -0.15) is 0 Å². The van der Waals surface area contributed by atoms with Crippen LogP contribution in [0.1, 0.15) is 5.56 Å². The van der Waals surface area contributed by atoms with Crippen LogP contribution in [0.3, 0.4) is 0 Å². The Balaban J connectivity index is 2.45. The molecule has 5 nitrogen and oxygen atoms in total. The minimum atomic E-state index is -4.11. The van der Waals surface area contributed by atoms with Crippen molar-refractivity contribution in [3.05, 3.63) is 51.9 Å². The van der Waals surface area contributed by atoms with Crippen LogP contribution < -0.4 is 4.72 Å². The highest BCUT2D eigenvalue weighted by molar-refractivity contribution is 7.92. The number of aromatic nitrogens is 1. The summed E-state index contributed by atoms with van der Waals surface area (Å²) in [6, 6.07) is 4.81. The maximum Gasteiger partial charge on any atom is 0.263 e. The van der Waals surface area contributed by atoms with Crippen LogP contribution in [0.4, 0.5) is 10.2 Å². The van der Waals surface area contributed by atoms with E-state index in [9.17, 15) is 12.8 Å². The van der Waals surface area contributed by atoms with E-state index < -0.39 is 27.3 Å². The van der Waals surface area contributed by atoms with Crippen molar-refractivity contribution in [3.63, 3.8) is 0 Å². The standard InChI is InChI=1S/C12H9Cl2FN2O3S/c13-9-2-1-3-16-12(9)17-21(19,20)8-4-7(6-18)11(14)10(15)5-8/h1-5,18H,6H2,(H,16,17). The molecule has 1 aromatic carbocycles. The van der Waals surface area contributed by atoms with Gasteiger partial charge in [0.15, 0.2) is 5.82 Å². The molecule has 0 saturated carbocycles. The fourth-order valence-electron chi connectivity index (χ4n) is 1.54. The van der Waals surface area contributed by atoms with Gasteiger partial charge >= 0.3 is 0 Å². The lowest BCUT2D eigenvalue weighted by Crippen LogP contribution is -2.15. The molecular weight excluding hydrogens is 342 g/mol. The van der Waals surface area contributed by atoms with E-state index in [2.05, 4.69) is 9.71 Å². The second kappa shape index (κ2) is 6.15. The van der Waals surface area contributed by atoms with E-state index in [0.717, 1.165) is 12.1 Å². The Labute approximate surface area is 130 Å². The third-order valence-corrected chi connectivity index (χ3v) is 4.59. The Morgan fingerprint density at radius 2 is 2.05 bits per heavy atom. The number of anilines is 1. The number of pyridine rings is 1. The van der Waals surface area contributed by atoms with E-state index >= 15 is 0 Å². The van der Waals surface area contributed by atoms with Gasteiger partial charge in [-0.3, -0.25) is 4.72 Å². The highest BCUT2D eigenvalue weighted by Gasteiger charge is 2.20. The summed E-state index contributed by atoms with van der Waals surface area (Å²) in [4.78, 5) is 3.39. The topological polar surface area (TPSA) is 79.3 Å². The summed E-state index contributed by atoms with van der Waals surface area (Å²) >= 11 is 11.4. The summed E-state index contributed by atoms with van der Waals surface area (Å²) in [5.41, 5.74) is -0.0378. The number of sulfonamides is 1. The molecule has 2 N–H and O–H groups in total. The van der Waals surface area contributed by atoms with E-state index in [1.807, 2.05) is 0 Å². The first-order valence-corrected chi connectivity index (χ1v) is 7.81. The van der Waals surface area contributed by atoms with Crippen molar-refractivity contribution < 1.29 is 17.9 Å². The Kier molecular flexibility index (Phi) is 4.67. The average molecular weight is 351 g/mol. The number of aliphatic hydroxyl groups is 1. The molecule has 0 amide bonds. The molecule has 1 aromatic heterocycles. The Hall–Kier alpha value is -1.41. The maximum absolute atomic E-state index is 13.6. The molecule has 0 unspecified atom stereocenters. The third-order valence-electron chi connectivity index (χ3n) is 2.55. The number of benzene rings is 1. The van der Waals surface area contributed by atoms with Gasteiger partial charge in [0.05, 0.1) is 21.5 Å². The zero-order valence-electron chi connectivity index (χ0n) is 10.3. The van der Waals surface area contributed by atoms with Crippen molar-refractivity contribution in [1.82, 2.24) is 4.98 Å². The summed E-state index contributed by atoms with van der Waals surface area (Å²) in [5.74, 6) is -1.03. The van der Waals surface area contributed by atoms with Crippen LogP contribution in [0.5, 0.6) is 0 Å². The van der Waals surface area contributed by atoms with Crippen molar-refractivity contribution in [2.75, 3.05) is 4.72 Å². The first kappa shape index (κ1) is 16.0. The molecular formula is C12H9Cl2FN2O3S. The molecule has 0 saturated heterocycles. The molecule has 0 fully saturated rings.